The molecule has 0 saturated carbocycles. The Balaban J connectivity index is 1.44. The van der Waals surface area contributed by atoms with Gasteiger partial charge in [0, 0.05) is 15.3 Å². The van der Waals surface area contributed by atoms with Gasteiger partial charge in [0.1, 0.15) is 0 Å². The Labute approximate surface area is 257 Å². The molecule has 7 rings (SSSR count). The Hall–Kier alpha value is -4.21. The largest absolute Gasteiger partial charge is 0.478 e. The lowest BCUT2D eigenvalue weighted by Crippen LogP contribution is -2.27. The van der Waals surface area contributed by atoms with Gasteiger partial charge in [-0.15, -0.1) is 11.3 Å². The number of carbonyl (C=O) groups is 1. The van der Waals surface area contributed by atoms with Crippen LogP contribution in [0.1, 0.15) is 62.1 Å². The molecule has 43 heavy (non-hydrogen) atoms. The molecule has 0 atom stereocenters. The van der Waals surface area contributed by atoms with Crippen molar-refractivity contribution in [3.8, 4) is 21.6 Å². The average Bonchev–Trinajstić information content (AvgIpc) is 3.44. The zero-order chi connectivity index (χ0) is 30.3. The van der Waals surface area contributed by atoms with Gasteiger partial charge in [-0.3, -0.25) is 0 Å². The fraction of sp³-hybridized carbons (Fsp3) is 0.225. The topological polar surface area (TPSA) is 37.3 Å². The summed E-state index contributed by atoms with van der Waals surface area (Å²) in [5.74, 6) is -0.988. The first-order valence-electron chi connectivity index (χ1n) is 15.0. The number of carboxylic acid groups (broad SMARTS) is 1. The SMILES string of the molecule is C=C(C(=O)O)c1ccc(-c2c(-c3cc4ccc5c(c4cc3C)C(C)(C)CC3=C5C=CC(C)(C)C3)ccc3ccccc23)s1. The molecule has 0 saturated heterocycles. The van der Waals surface area contributed by atoms with Crippen molar-refractivity contribution in [1.29, 1.82) is 0 Å². The fourth-order valence-corrected chi connectivity index (χ4v) is 8.46. The highest BCUT2D eigenvalue weighted by Crippen LogP contribution is 2.52. The van der Waals surface area contributed by atoms with Gasteiger partial charge in [0.05, 0.1) is 5.57 Å². The Morgan fingerprint density at radius 2 is 1.58 bits per heavy atom. The molecule has 5 aromatic rings. The smallest absolute Gasteiger partial charge is 0.336 e. The van der Waals surface area contributed by atoms with Crippen LogP contribution >= 0.6 is 11.3 Å². The van der Waals surface area contributed by atoms with Crippen LogP contribution in [-0.2, 0) is 10.2 Å². The lowest BCUT2D eigenvalue weighted by Gasteiger charge is -2.40. The van der Waals surface area contributed by atoms with E-state index in [0.29, 0.717) is 4.88 Å². The summed E-state index contributed by atoms with van der Waals surface area (Å²) in [5.41, 5.74) is 10.9. The molecular formula is C40H36O2S. The molecule has 0 radical (unpaired) electrons. The van der Waals surface area contributed by atoms with Crippen molar-refractivity contribution in [1.82, 2.24) is 0 Å². The van der Waals surface area contributed by atoms with Gasteiger partial charge < -0.3 is 5.11 Å². The van der Waals surface area contributed by atoms with E-state index in [2.05, 4.69) is 114 Å². The summed E-state index contributed by atoms with van der Waals surface area (Å²) in [6.07, 6.45) is 6.96. The zero-order valence-electron chi connectivity index (χ0n) is 25.5. The summed E-state index contributed by atoms with van der Waals surface area (Å²) in [5, 5.41) is 14.5. The molecule has 0 bridgehead atoms. The number of hydrogen-bond acceptors (Lipinski definition) is 2. The minimum absolute atomic E-state index is 0.0386. The fourth-order valence-electron chi connectivity index (χ4n) is 7.42. The second-order valence-corrected chi connectivity index (χ2v) is 14.7. The predicted molar refractivity (Wildman–Crippen MR) is 184 cm³/mol. The van der Waals surface area contributed by atoms with Crippen molar-refractivity contribution in [3.05, 3.63) is 119 Å². The van der Waals surface area contributed by atoms with Crippen molar-refractivity contribution in [2.45, 2.75) is 52.9 Å². The number of thiophene rings is 1. The van der Waals surface area contributed by atoms with Gasteiger partial charge in [0.2, 0.25) is 0 Å². The zero-order valence-corrected chi connectivity index (χ0v) is 26.3. The molecule has 0 fully saturated rings. The van der Waals surface area contributed by atoms with Gasteiger partial charge in [0.15, 0.2) is 0 Å². The quantitative estimate of drug-likeness (QED) is 0.215. The molecule has 2 nitrogen and oxygen atoms in total. The van der Waals surface area contributed by atoms with Crippen molar-refractivity contribution in [3.63, 3.8) is 0 Å². The summed E-state index contributed by atoms with van der Waals surface area (Å²) in [6, 6.07) is 26.2. The van der Waals surface area contributed by atoms with E-state index < -0.39 is 5.97 Å². The van der Waals surface area contributed by atoms with E-state index in [9.17, 15) is 9.90 Å². The first-order chi connectivity index (χ1) is 20.4. The first-order valence-corrected chi connectivity index (χ1v) is 15.8. The summed E-state index contributed by atoms with van der Waals surface area (Å²) < 4.78 is 0. The number of aryl methyl sites for hydroxylation is 1. The number of rotatable bonds is 4. The van der Waals surface area contributed by atoms with Gasteiger partial charge in [-0.2, -0.15) is 0 Å². The van der Waals surface area contributed by atoms with Crippen LogP contribution in [0.25, 0.3) is 54.3 Å². The van der Waals surface area contributed by atoms with E-state index in [1.807, 2.05) is 12.1 Å². The van der Waals surface area contributed by atoms with E-state index in [-0.39, 0.29) is 16.4 Å². The Morgan fingerprint density at radius 3 is 2.37 bits per heavy atom. The molecule has 0 aliphatic heterocycles. The third-order valence-corrected chi connectivity index (χ3v) is 10.5. The molecule has 2 aliphatic rings. The summed E-state index contributed by atoms with van der Waals surface area (Å²) in [4.78, 5) is 13.4. The molecule has 0 amide bonds. The summed E-state index contributed by atoms with van der Waals surface area (Å²) in [7, 11) is 0. The number of carboxylic acids is 1. The van der Waals surface area contributed by atoms with Crippen LogP contribution in [0.2, 0.25) is 0 Å². The van der Waals surface area contributed by atoms with E-state index in [0.717, 1.165) is 39.6 Å². The molecule has 1 heterocycles. The highest BCUT2D eigenvalue weighted by atomic mass is 32.1. The molecule has 2 aliphatic carbocycles. The molecular weight excluding hydrogens is 545 g/mol. The number of hydrogen-bond donors (Lipinski definition) is 1. The van der Waals surface area contributed by atoms with Gasteiger partial charge in [0.25, 0.3) is 0 Å². The number of aliphatic carboxylic acids is 1. The number of benzene rings is 4. The molecule has 1 N–H and O–H groups in total. The van der Waals surface area contributed by atoms with Gasteiger partial charge in [-0.1, -0.05) is 107 Å². The van der Waals surface area contributed by atoms with E-state index in [1.165, 1.54) is 49.9 Å². The van der Waals surface area contributed by atoms with Gasteiger partial charge >= 0.3 is 5.97 Å². The lowest BCUT2D eigenvalue weighted by molar-refractivity contribution is -0.130. The molecule has 0 spiro atoms. The summed E-state index contributed by atoms with van der Waals surface area (Å²) >= 11 is 1.49. The Bertz CT molecular complexity index is 2080. The van der Waals surface area contributed by atoms with Crippen LogP contribution in [-0.4, -0.2) is 11.1 Å². The van der Waals surface area contributed by atoms with Crippen LogP contribution in [0.5, 0.6) is 0 Å². The molecule has 4 aromatic carbocycles. The van der Waals surface area contributed by atoms with Crippen LogP contribution < -0.4 is 0 Å². The minimum Gasteiger partial charge on any atom is -0.478 e. The Morgan fingerprint density at radius 1 is 0.837 bits per heavy atom. The van der Waals surface area contributed by atoms with E-state index in [4.69, 9.17) is 0 Å². The van der Waals surface area contributed by atoms with E-state index >= 15 is 0 Å². The van der Waals surface area contributed by atoms with Gasteiger partial charge in [-0.25, -0.2) is 4.79 Å². The van der Waals surface area contributed by atoms with Crippen LogP contribution in [0, 0.1) is 12.3 Å². The molecule has 0 unspecified atom stereocenters. The maximum atomic E-state index is 11.7. The van der Waals surface area contributed by atoms with Gasteiger partial charge in [-0.05, 0) is 104 Å². The van der Waals surface area contributed by atoms with Crippen molar-refractivity contribution >= 4 is 50.0 Å². The van der Waals surface area contributed by atoms with Crippen molar-refractivity contribution in [2.75, 3.05) is 0 Å². The van der Waals surface area contributed by atoms with Crippen LogP contribution in [0.3, 0.4) is 0 Å². The van der Waals surface area contributed by atoms with Crippen molar-refractivity contribution < 1.29 is 9.90 Å². The second-order valence-electron chi connectivity index (χ2n) is 13.6. The number of allylic oxidation sites excluding steroid dienone is 4. The number of fused-ring (bicyclic) bond motifs is 5. The third kappa shape index (κ3) is 4.49. The second kappa shape index (κ2) is 9.65. The minimum atomic E-state index is -0.988. The van der Waals surface area contributed by atoms with E-state index in [1.54, 1.807) is 5.57 Å². The highest BCUT2D eigenvalue weighted by Gasteiger charge is 2.36. The van der Waals surface area contributed by atoms with Crippen molar-refractivity contribution in [2.24, 2.45) is 5.41 Å². The lowest BCUT2D eigenvalue weighted by atomic mass is 9.64. The molecule has 214 valence electrons. The Kier molecular flexibility index (Phi) is 6.20. The molecule has 3 heteroatoms. The average molecular weight is 581 g/mol. The summed E-state index contributed by atoms with van der Waals surface area (Å²) in [6.45, 7) is 15.5. The van der Waals surface area contributed by atoms with Crippen LogP contribution in [0.4, 0.5) is 0 Å². The first kappa shape index (κ1) is 27.6. The highest BCUT2D eigenvalue weighted by molar-refractivity contribution is 7.17. The monoisotopic (exact) mass is 580 g/mol. The maximum Gasteiger partial charge on any atom is 0.336 e. The third-order valence-electron chi connectivity index (χ3n) is 9.37. The maximum absolute atomic E-state index is 11.7. The molecule has 1 aromatic heterocycles. The predicted octanol–water partition coefficient (Wildman–Crippen LogP) is 11.2. The van der Waals surface area contributed by atoms with Crippen LogP contribution in [0.15, 0.2) is 97.1 Å². The standard InChI is InChI=1S/C40H36O2S/c1-23-19-33-26(12-14-31-28-17-18-39(3,4)21-27(28)22-40(5,6)37(31)33)20-32(23)30-13-11-25-9-7-8-10-29(25)36(30)35-16-15-34(43-35)24(2)38(41)42/h7-20H,2,21-22H2,1,3-6H3,(H,41,42). The normalized spacial score (nSPS) is 16.8.